The summed E-state index contributed by atoms with van der Waals surface area (Å²) in [5.74, 6) is 0. The first-order valence-corrected chi connectivity index (χ1v) is 8.90. The summed E-state index contributed by atoms with van der Waals surface area (Å²) in [7, 11) is -1.73. The van der Waals surface area contributed by atoms with Gasteiger partial charge in [-0.3, -0.25) is 0 Å². The molecule has 0 saturated heterocycles. The van der Waals surface area contributed by atoms with E-state index in [4.69, 9.17) is 11.6 Å². The van der Waals surface area contributed by atoms with E-state index >= 15 is 0 Å². The van der Waals surface area contributed by atoms with Crippen LogP contribution in [0, 0.1) is 13.8 Å². The molecule has 0 heterocycles. The number of aryl methyl sites for hydroxylation is 2. The number of hydrogen-bond donors (Lipinski definition) is 0. The molecule has 3 nitrogen and oxygen atoms in total. The minimum Gasteiger partial charge on any atom is -0.207 e. The molecule has 0 spiro atoms. The third kappa shape index (κ3) is 3.02. The van der Waals surface area contributed by atoms with Gasteiger partial charge in [-0.15, -0.1) is 0 Å². The average Bonchev–Trinajstić information content (AvgIpc) is 2.42. The van der Waals surface area contributed by atoms with Crippen LogP contribution < -0.4 is 0 Å². The van der Waals surface area contributed by atoms with Crippen molar-refractivity contribution in [3.63, 3.8) is 0 Å². The summed E-state index contributed by atoms with van der Waals surface area (Å²) in [5.41, 5.74) is 1.51. The van der Waals surface area contributed by atoms with Gasteiger partial charge in [0.2, 0.25) is 10.0 Å². The van der Waals surface area contributed by atoms with E-state index in [9.17, 15) is 8.42 Å². The Bertz CT molecular complexity index is 592. The largest absolute Gasteiger partial charge is 0.243 e. The molecular weight excluding hydrogens is 294 g/mol. The standard InChI is InChI=1S/C15H22ClNO2S/c1-11-10-15(12(2)9-14(11)16)20(18,19)17(3)13-7-5-4-6-8-13/h9-10,13H,4-8H2,1-3H3. The predicted molar refractivity (Wildman–Crippen MR) is 82.7 cm³/mol. The van der Waals surface area contributed by atoms with Gasteiger partial charge in [0.15, 0.2) is 0 Å². The summed E-state index contributed by atoms with van der Waals surface area (Å²) in [5, 5.41) is 0.613. The van der Waals surface area contributed by atoms with Gasteiger partial charge in [-0.05, 0) is 49.9 Å². The first-order valence-electron chi connectivity index (χ1n) is 7.09. The molecule has 2 rings (SSSR count). The lowest BCUT2D eigenvalue weighted by atomic mass is 9.96. The fourth-order valence-electron chi connectivity index (χ4n) is 2.83. The van der Waals surface area contributed by atoms with Gasteiger partial charge < -0.3 is 0 Å². The second-order valence-corrected chi connectivity index (χ2v) is 8.05. The van der Waals surface area contributed by atoms with E-state index in [1.807, 2.05) is 6.92 Å². The molecule has 0 unspecified atom stereocenters. The predicted octanol–water partition coefficient (Wildman–Crippen LogP) is 3.91. The fourth-order valence-corrected chi connectivity index (χ4v) is 4.75. The Morgan fingerprint density at radius 2 is 1.70 bits per heavy atom. The minimum absolute atomic E-state index is 0.129. The number of nitrogens with zero attached hydrogens (tertiary/aromatic N) is 1. The number of halogens is 1. The molecule has 1 saturated carbocycles. The van der Waals surface area contributed by atoms with Gasteiger partial charge in [-0.25, -0.2) is 8.42 Å². The number of hydrogen-bond acceptors (Lipinski definition) is 2. The van der Waals surface area contributed by atoms with Gasteiger partial charge in [-0.1, -0.05) is 30.9 Å². The van der Waals surface area contributed by atoms with Crippen molar-refractivity contribution in [3.05, 3.63) is 28.3 Å². The Hall–Kier alpha value is -0.580. The van der Waals surface area contributed by atoms with E-state index in [1.165, 1.54) is 6.42 Å². The molecule has 1 aliphatic carbocycles. The molecule has 0 amide bonds. The SMILES string of the molecule is Cc1cc(S(=O)(=O)N(C)C2CCCCC2)c(C)cc1Cl. The van der Waals surface area contributed by atoms with Crippen LogP contribution in [-0.4, -0.2) is 25.8 Å². The second kappa shape index (κ2) is 6.04. The maximum atomic E-state index is 12.8. The quantitative estimate of drug-likeness (QED) is 0.848. The molecule has 112 valence electrons. The minimum atomic E-state index is -3.43. The van der Waals surface area contributed by atoms with Gasteiger partial charge in [-0.2, -0.15) is 4.31 Å². The summed E-state index contributed by atoms with van der Waals surface area (Å²) in [6, 6.07) is 3.55. The Labute approximate surface area is 127 Å². The molecule has 5 heteroatoms. The van der Waals surface area contributed by atoms with E-state index in [1.54, 1.807) is 30.4 Å². The van der Waals surface area contributed by atoms with Crippen molar-refractivity contribution in [2.45, 2.75) is 56.9 Å². The summed E-state index contributed by atoms with van der Waals surface area (Å²) in [4.78, 5) is 0.382. The van der Waals surface area contributed by atoms with E-state index < -0.39 is 10.0 Å². The zero-order valence-corrected chi connectivity index (χ0v) is 13.9. The van der Waals surface area contributed by atoms with Crippen molar-refractivity contribution in [1.82, 2.24) is 4.31 Å². The topological polar surface area (TPSA) is 37.4 Å². The lowest BCUT2D eigenvalue weighted by molar-refractivity contribution is 0.285. The average molecular weight is 316 g/mol. The molecule has 0 aromatic heterocycles. The Morgan fingerprint density at radius 3 is 2.30 bits per heavy atom. The molecular formula is C15H22ClNO2S. The van der Waals surface area contributed by atoms with Gasteiger partial charge >= 0.3 is 0 Å². The van der Waals surface area contributed by atoms with Crippen molar-refractivity contribution < 1.29 is 8.42 Å². The first-order chi connectivity index (χ1) is 9.34. The Morgan fingerprint density at radius 1 is 1.10 bits per heavy atom. The molecule has 0 bridgehead atoms. The number of rotatable bonds is 3. The molecule has 1 aromatic carbocycles. The van der Waals surface area contributed by atoms with Crippen molar-refractivity contribution >= 4 is 21.6 Å². The maximum Gasteiger partial charge on any atom is 0.243 e. The van der Waals surface area contributed by atoms with Gasteiger partial charge in [0.05, 0.1) is 4.90 Å². The van der Waals surface area contributed by atoms with E-state index in [0.717, 1.165) is 31.2 Å². The third-order valence-corrected chi connectivity index (χ3v) is 6.66. The zero-order chi connectivity index (χ0) is 14.9. The summed E-state index contributed by atoms with van der Waals surface area (Å²) >= 11 is 6.06. The van der Waals surface area contributed by atoms with E-state index in [0.29, 0.717) is 15.5 Å². The molecule has 0 radical (unpaired) electrons. The smallest absolute Gasteiger partial charge is 0.207 e. The molecule has 0 aliphatic heterocycles. The van der Waals surface area contributed by atoms with Gasteiger partial charge in [0.1, 0.15) is 0 Å². The summed E-state index contributed by atoms with van der Waals surface area (Å²) < 4.78 is 27.2. The summed E-state index contributed by atoms with van der Waals surface area (Å²) in [6.07, 6.45) is 5.36. The van der Waals surface area contributed by atoms with Crippen LogP contribution in [0.4, 0.5) is 0 Å². The lowest BCUT2D eigenvalue weighted by Crippen LogP contribution is -2.38. The van der Waals surface area contributed by atoms with Crippen LogP contribution in [0.15, 0.2) is 17.0 Å². The normalized spacial score (nSPS) is 17.6. The van der Waals surface area contributed by atoms with Crippen LogP contribution in [-0.2, 0) is 10.0 Å². The van der Waals surface area contributed by atoms with Crippen LogP contribution in [0.3, 0.4) is 0 Å². The number of benzene rings is 1. The van der Waals surface area contributed by atoms with Gasteiger partial charge in [0, 0.05) is 18.1 Å². The van der Waals surface area contributed by atoms with Crippen LogP contribution in [0.1, 0.15) is 43.2 Å². The maximum absolute atomic E-state index is 12.8. The Kier molecular flexibility index (Phi) is 4.77. The fraction of sp³-hybridized carbons (Fsp3) is 0.600. The molecule has 20 heavy (non-hydrogen) atoms. The van der Waals surface area contributed by atoms with Crippen LogP contribution in [0.5, 0.6) is 0 Å². The molecule has 0 atom stereocenters. The van der Waals surface area contributed by atoms with Crippen LogP contribution in [0.25, 0.3) is 0 Å². The molecule has 1 aromatic rings. The first kappa shape index (κ1) is 15.8. The van der Waals surface area contributed by atoms with Gasteiger partial charge in [0.25, 0.3) is 0 Å². The highest BCUT2D eigenvalue weighted by Crippen LogP contribution is 2.30. The third-order valence-electron chi connectivity index (χ3n) is 4.20. The van der Waals surface area contributed by atoms with E-state index in [2.05, 4.69) is 0 Å². The van der Waals surface area contributed by atoms with Crippen molar-refractivity contribution in [2.75, 3.05) is 7.05 Å². The molecule has 1 fully saturated rings. The number of sulfonamides is 1. The zero-order valence-electron chi connectivity index (χ0n) is 12.3. The van der Waals surface area contributed by atoms with Crippen molar-refractivity contribution in [1.29, 1.82) is 0 Å². The second-order valence-electron chi connectivity index (χ2n) is 5.68. The van der Waals surface area contributed by atoms with Crippen LogP contribution >= 0.6 is 11.6 Å². The molecule has 0 N–H and O–H groups in total. The van der Waals surface area contributed by atoms with E-state index in [-0.39, 0.29) is 6.04 Å². The highest BCUT2D eigenvalue weighted by Gasteiger charge is 2.30. The molecule has 1 aliphatic rings. The van der Waals surface area contributed by atoms with Crippen molar-refractivity contribution in [3.8, 4) is 0 Å². The highest BCUT2D eigenvalue weighted by atomic mass is 35.5. The summed E-state index contributed by atoms with van der Waals surface area (Å²) in [6.45, 7) is 3.63. The van der Waals surface area contributed by atoms with Crippen LogP contribution in [0.2, 0.25) is 5.02 Å². The van der Waals surface area contributed by atoms with Crippen molar-refractivity contribution in [2.24, 2.45) is 0 Å². The highest BCUT2D eigenvalue weighted by molar-refractivity contribution is 7.89. The lowest BCUT2D eigenvalue weighted by Gasteiger charge is -2.31. The Balaban J connectivity index is 2.36. The monoisotopic (exact) mass is 315 g/mol.